The molecule has 0 spiro atoms. The SMILES string of the molecule is COc1ccc(S(=O)(=O)Nc2c(Cl)cccc2Cl)cc1C(=O)NC(C)C. The van der Waals surface area contributed by atoms with E-state index in [0.29, 0.717) is 0 Å². The number of nitrogens with one attached hydrogen (secondary N) is 2. The summed E-state index contributed by atoms with van der Waals surface area (Å²) in [7, 11) is -2.62. The number of carbonyl (C=O) groups is 1. The number of carbonyl (C=O) groups excluding carboxylic acids is 1. The summed E-state index contributed by atoms with van der Waals surface area (Å²) in [6, 6.07) is 8.50. The summed E-state index contributed by atoms with van der Waals surface area (Å²) in [4.78, 5) is 12.2. The normalized spacial score (nSPS) is 11.3. The molecular formula is C17H18Cl2N2O4S. The van der Waals surface area contributed by atoms with Gasteiger partial charge in [0, 0.05) is 6.04 Å². The number of anilines is 1. The minimum absolute atomic E-state index is 0.0693. The van der Waals surface area contributed by atoms with Crippen molar-refractivity contribution in [3.05, 3.63) is 52.0 Å². The summed E-state index contributed by atoms with van der Waals surface area (Å²) in [5.74, 6) is -0.178. The first-order valence-corrected chi connectivity index (χ1v) is 9.85. The van der Waals surface area contributed by atoms with Gasteiger partial charge in [-0.2, -0.15) is 0 Å². The summed E-state index contributed by atoms with van der Waals surface area (Å²) in [5, 5.41) is 3.02. The van der Waals surface area contributed by atoms with E-state index in [1.807, 2.05) is 0 Å². The Bertz CT molecular complexity index is 910. The van der Waals surface area contributed by atoms with E-state index in [1.165, 1.54) is 37.4 Å². The van der Waals surface area contributed by atoms with Crippen LogP contribution in [0.5, 0.6) is 5.75 Å². The third-order valence-electron chi connectivity index (χ3n) is 3.34. The second kappa shape index (κ2) is 8.16. The van der Waals surface area contributed by atoms with Gasteiger partial charge in [-0.05, 0) is 44.2 Å². The minimum atomic E-state index is -4.02. The maximum Gasteiger partial charge on any atom is 0.262 e. The smallest absolute Gasteiger partial charge is 0.262 e. The molecule has 0 heterocycles. The van der Waals surface area contributed by atoms with Gasteiger partial charge in [0.05, 0.1) is 33.3 Å². The van der Waals surface area contributed by atoms with E-state index in [1.54, 1.807) is 19.9 Å². The Morgan fingerprint density at radius 2 is 1.73 bits per heavy atom. The lowest BCUT2D eigenvalue weighted by Crippen LogP contribution is -2.30. The Morgan fingerprint density at radius 3 is 2.27 bits per heavy atom. The van der Waals surface area contributed by atoms with Gasteiger partial charge in [-0.3, -0.25) is 9.52 Å². The van der Waals surface area contributed by atoms with Crippen LogP contribution in [0.3, 0.4) is 0 Å². The molecule has 0 radical (unpaired) electrons. The largest absolute Gasteiger partial charge is 0.496 e. The quantitative estimate of drug-likeness (QED) is 0.746. The van der Waals surface area contributed by atoms with Crippen LogP contribution in [0.2, 0.25) is 10.0 Å². The third-order valence-corrected chi connectivity index (χ3v) is 5.32. The van der Waals surface area contributed by atoms with E-state index < -0.39 is 15.9 Å². The molecule has 0 aliphatic heterocycles. The van der Waals surface area contributed by atoms with Crippen molar-refractivity contribution in [3.8, 4) is 5.75 Å². The lowest BCUT2D eigenvalue weighted by Gasteiger charge is -2.15. The first kappa shape index (κ1) is 20.4. The number of ether oxygens (including phenoxy) is 1. The first-order valence-electron chi connectivity index (χ1n) is 7.61. The molecule has 140 valence electrons. The Labute approximate surface area is 162 Å². The summed E-state index contributed by atoms with van der Waals surface area (Å²) >= 11 is 12.0. The highest BCUT2D eigenvalue weighted by molar-refractivity contribution is 7.92. The maximum absolute atomic E-state index is 12.7. The van der Waals surface area contributed by atoms with Gasteiger partial charge in [0.1, 0.15) is 5.75 Å². The topological polar surface area (TPSA) is 84.5 Å². The molecule has 2 N–H and O–H groups in total. The number of hydrogen-bond donors (Lipinski definition) is 2. The average molecular weight is 417 g/mol. The van der Waals surface area contributed by atoms with Crippen molar-refractivity contribution in [2.75, 3.05) is 11.8 Å². The number of amides is 1. The van der Waals surface area contributed by atoms with Crippen LogP contribution in [-0.2, 0) is 10.0 Å². The number of benzene rings is 2. The van der Waals surface area contributed by atoms with Gasteiger partial charge < -0.3 is 10.1 Å². The molecule has 26 heavy (non-hydrogen) atoms. The van der Waals surface area contributed by atoms with Gasteiger partial charge in [-0.25, -0.2) is 8.42 Å². The molecule has 0 atom stereocenters. The Kier molecular flexibility index (Phi) is 6.39. The van der Waals surface area contributed by atoms with E-state index in [-0.39, 0.29) is 38.0 Å². The van der Waals surface area contributed by atoms with Crippen molar-refractivity contribution in [1.82, 2.24) is 5.32 Å². The highest BCUT2D eigenvalue weighted by Gasteiger charge is 2.22. The number of sulfonamides is 1. The molecule has 2 aromatic rings. The predicted octanol–water partition coefficient (Wildman–Crippen LogP) is 3.94. The van der Waals surface area contributed by atoms with E-state index in [0.717, 1.165) is 0 Å². The van der Waals surface area contributed by atoms with Gasteiger partial charge in [0.25, 0.3) is 15.9 Å². The van der Waals surface area contributed by atoms with Crippen LogP contribution in [0, 0.1) is 0 Å². The van der Waals surface area contributed by atoms with E-state index >= 15 is 0 Å². The number of methoxy groups -OCH3 is 1. The van der Waals surface area contributed by atoms with Crippen molar-refractivity contribution in [2.24, 2.45) is 0 Å². The molecule has 0 unspecified atom stereocenters. The zero-order chi connectivity index (χ0) is 19.5. The van der Waals surface area contributed by atoms with Crippen molar-refractivity contribution in [1.29, 1.82) is 0 Å². The highest BCUT2D eigenvalue weighted by atomic mass is 35.5. The lowest BCUT2D eigenvalue weighted by molar-refractivity contribution is 0.0940. The monoisotopic (exact) mass is 416 g/mol. The molecule has 0 bridgehead atoms. The van der Waals surface area contributed by atoms with Gasteiger partial charge in [-0.15, -0.1) is 0 Å². The zero-order valence-corrected chi connectivity index (χ0v) is 16.7. The molecule has 6 nitrogen and oxygen atoms in total. The molecular weight excluding hydrogens is 399 g/mol. The number of halogens is 2. The fraction of sp³-hybridized carbons (Fsp3) is 0.235. The van der Waals surface area contributed by atoms with Crippen LogP contribution >= 0.6 is 23.2 Å². The van der Waals surface area contributed by atoms with E-state index in [2.05, 4.69) is 10.0 Å². The predicted molar refractivity (Wildman–Crippen MR) is 103 cm³/mol. The second-order valence-corrected chi connectivity index (χ2v) is 8.19. The number of para-hydroxylation sites is 1. The van der Waals surface area contributed by atoms with Gasteiger partial charge in [0.15, 0.2) is 0 Å². The standard InChI is InChI=1S/C17H18Cl2N2O4S/c1-10(2)20-17(22)12-9-11(7-8-15(12)25-3)26(23,24)21-16-13(18)5-4-6-14(16)19/h4-10,21H,1-3H3,(H,20,22). The summed E-state index contributed by atoms with van der Waals surface area (Å²) in [6.07, 6.45) is 0. The van der Waals surface area contributed by atoms with Crippen molar-refractivity contribution >= 4 is 44.8 Å². The van der Waals surface area contributed by atoms with E-state index in [9.17, 15) is 13.2 Å². The fourth-order valence-corrected chi connectivity index (χ4v) is 3.89. The molecule has 0 aromatic heterocycles. The van der Waals surface area contributed by atoms with E-state index in [4.69, 9.17) is 27.9 Å². The van der Waals surface area contributed by atoms with Crippen molar-refractivity contribution < 1.29 is 17.9 Å². The first-order chi connectivity index (χ1) is 12.2. The fourth-order valence-electron chi connectivity index (χ4n) is 2.16. The van der Waals surface area contributed by atoms with Crippen LogP contribution in [-0.4, -0.2) is 27.5 Å². The maximum atomic E-state index is 12.7. The average Bonchev–Trinajstić information content (AvgIpc) is 2.57. The van der Waals surface area contributed by atoms with Crippen LogP contribution in [0.25, 0.3) is 0 Å². The molecule has 0 aliphatic rings. The summed E-state index contributed by atoms with van der Waals surface area (Å²) in [6.45, 7) is 3.60. The minimum Gasteiger partial charge on any atom is -0.496 e. The zero-order valence-electron chi connectivity index (χ0n) is 14.3. The van der Waals surface area contributed by atoms with Crippen molar-refractivity contribution in [2.45, 2.75) is 24.8 Å². The van der Waals surface area contributed by atoms with Crippen molar-refractivity contribution in [3.63, 3.8) is 0 Å². The van der Waals surface area contributed by atoms with Gasteiger partial charge >= 0.3 is 0 Å². The van der Waals surface area contributed by atoms with Crippen LogP contribution in [0.1, 0.15) is 24.2 Å². The molecule has 0 saturated carbocycles. The van der Waals surface area contributed by atoms with Gasteiger partial charge in [-0.1, -0.05) is 29.3 Å². The Hall–Kier alpha value is -1.96. The molecule has 0 fully saturated rings. The summed E-state index contributed by atoms with van der Waals surface area (Å²) < 4.78 is 32.9. The molecule has 2 aromatic carbocycles. The van der Waals surface area contributed by atoms with Crippen LogP contribution in [0.4, 0.5) is 5.69 Å². The Morgan fingerprint density at radius 1 is 1.12 bits per heavy atom. The van der Waals surface area contributed by atoms with Gasteiger partial charge in [0.2, 0.25) is 0 Å². The third kappa shape index (κ3) is 4.60. The van der Waals surface area contributed by atoms with Crippen LogP contribution in [0.15, 0.2) is 41.3 Å². The molecule has 1 amide bonds. The molecule has 2 rings (SSSR count). The number of hydrogen-bond acceptors (Lipinski definition) is 4. The van der Waals surface area contributed by atoms with Crippen LogP contribution < -0.4 is 14.8 Å². The molecule has 0 aliphatic carbocycles. The Balaban J connectivity index is 2.45. The molecule has 0 saturated heterocycles. The second-order valence-electron chi connectivity index (χ2n) is 5.69. The lowest BCUT2D eigenvalue weighted by atomic mass is 10.2. The number of rotatable bonds is 6. The summed E-state index contributed by atoms with van der Waals surface area (Å²) in [5.41, 5.74) is 0.175. The molecule has 9 heteroatoms. The highest BCUT2D eigenvalue weighted by Crippen LogP contribution is 2.32.